The number of anilines is 6. The molecule has 131 heavy (non-hydrogen) atoms. The molecule has 0 N–H and O–H groups in total. The molecule has 3 unspecified atom stereocenters. The molecule has 27 rings (SSSR count). The van der Waals surface area contributed by atoms with Crippen molar-refractivity contribution in [3.63, 3.8) is 0 Å². The molecule has 2 spiro atoms. The topological polar surface area (TPSA) is 33.4 Å². The van der Waals surface area contributed by atoms with E-state index >= 15 is 4.57 Å². The normalized spacial score (nSPS) is 17.4. The van der Waals surface area contributed by atoms with E-state index in [-0.39, 0.29) is 16.2 Å². The van der Waals surface area contributed by atoms with Gasteiger partial charge < -0.3 is 23.5 Å². The molecule has 5 heterocycles. The van der Waals surface area contributed by atoms with E-state index in [4.69, 9.17) is 0 Å². The lowest BCUT2D eigenvalue weighted by Gasteiger charge is -2.50. The minimum absolute atomic E-state index is 0.0852. The third-order valence-corrected chi connectivity index (χ3v) is 33.6. The minimum Gasteiger partial charge on any atom is -0.310 e. The van der Waals surface area contributed by atoms with Crippen LogP contribution in [-0.4, -0.2) is 9.13 Å². The molecular weight excluding hydrogens is 1600 g/mol. The van der Waals surface area contributed by atoms with Crippen LogP contribution in [0.2, 0.25) is 0 Å². The lowest BCUT2D eigenvalue weighted by molar-refractivity contribution is 0.556. The van der Waals surface area contributed by atoms with Crippen LogP contribution in [0.15, 0.2) is 443 Å². The van der Waals surface area contributed by atoms with Gasteiger partial charge >= 0.3 is 0 Å². The fourth-order valence-electron chi connectivity index (χ4n) is 24.6. The molecule has 0 radical (unpaired) electrons. The van der Waals surface area contributed by atoms with Gasteiger partial charge in [-0.25, -0.2) is 0 Å². The molecule has 21 aromatic rings. The summed E-state index contributed by atoms with van der Waals surface area (Å²) in [6, 6.07) is 163. The van der Waals surface area contributed by atoms with Crippen molar-refractivity contribution in [3.8, 4) is 55.9 Å². The molecule has 2 aromatic heterocycles. The third kappa shape index (κ3) is 10.6. The predicted molar refractivity (Wildman–Crippen MR) is 546 cm³/mol. The molecule has 0 saturated carbocycles. The number of hydrogen-bond donors (Lipinski definition) is 0. The largest absolute Gasteiger partial charge is 0.310 e. The Kier molecular flexibility index (Phi) is 16.6. The molecule has 6 heteroatoms. The van der Waals surface area contributed by atoms with E-state index in [1.165, 1.54) is 149 Å². The van der Waals surface area contributed by atoms with Crippen LogP contribution < -0.4 is 25.7 Å². The summed E-state index contributed by atoms with van der Waals surface area (Å²) in [6.45, 7) is 14.2. The second-order valence-electron chi connectivity index (χ2n) is 38.0. The van der Waals surface area contributed by atoms with Gasteiger partial charge in [-0.2, -0.15) is 0 Å². The first kappa shape index (κ1) is 76.8. The number of nitrogens with zero attached hydrogens (tertiary/aromatic N) is 4. The van der Waals surface area contributed by atoms with Crippen LogP contribution in [0.5, 0.6) is 0 Å². The smallest absolute Gasteiger partial charge is 0.171 e. The number of benzene rings is 19. The Hall–Kier alpha value is -15.4. The lowest BCUT2D eigenvalue weighted by Crippen LogP contribution is -2.48. The van der Waals surface area contributed by atoms with Gasteiger partial charge in [0, 0.05) is 87.8 Å². The van der Waals surface area contributed by atoms with E-state index in [1.807, 2.05) is 18.2 Å². The molecule has 0 fully saturated rings. The Morgan fingerprint density at radius 1 is 0.214 bits per heavy atom. The number of hydrogen-bond acceptors (Lipinski definition) is 3. The second-order valence-corrected chi connectivity index (χ2v) is 40.7. The van der Waals surface area contributed by atoms with Crippen LogP contribution in [0.1, 0.15) is 119 Å². The number of aromatic nitrogens is 2. The predicted octanol–water partition coefficient (Wildman–Crippen LogP) is 30.4. The van der Waals surface area contributed by atoms with Crippen molar-refractivity contribution in [2.24, 2.45) is 0 Å². The van der Waals surface area contributed by atoms with E-state index in [2.05, 4.69) is 485 Å². The minimum atomic E-state index is -3.45. The van der Waals surface area contributed by atoms with Crippen molar-refractivity contribution < 1.29 is 4.57 Å². The maximum absolute atomic E-state index is 16.9. The van der Waals surface area contributed by atoms with Crippen molar-refractivity contribution in [1.29, 1.82) is 0 Å². The second kappa shape index (κ2) is 28.3. The van der Waals surface area contributed by atoms with Crippen molar-refractivity contribution in [2.45, 2.75) is 68.6 Å². The van der Waals surface area contributed by atoms with Gasteiger partial charge in [0.05, 0.1) is 44.3 Å². The monoisotopic (exact) mass is 1690 g/mol. The van der Waals surface area contributed by atoms with Gasteiger partial charge in [0.25, 0.3) is 0 Å². The molecule has 3 aliphatic heterocycles. The van der Waals surface area contributed by atoms with Crippen LogP contribution in [0.3, 0.4) is 0 Å². The van der Waals surface area contributed by atoms with E-state index < -0.39 is 18.0 Å². The Balaban J connectivity index is 0.000000138. The van der Waals surface area contributed by atoms with Gasteiger partial charge in [-0.1, -0.05) is 375 Å². The van der Waals surface area contributed by atoms with Gasteiger partial charge in [-0.15, -0.1) is 0 Å². The molecule has 19 aromatic carbocycles. The van der Waals surface area contributed by atoms with E-state index in [9.17, 15) is 0 Å². The highest BCUT2D eigenvalue weighted by Crippen LogP contribution is 2.65. The molecule has 0 bridgehead atoms. The Morgan fingerprint density at radius 3 is 1.06 bits per heavy atom. The van der Waals surface area contributed by atoms with Gasteiger partial charge in [0.2, 0.25) is 0 Å². The molecule has 5 nitrogen and oxygen atoms in total. The molecule has 3 aliphatic carbocycles. The standard InChI is InChI=1S/C64H45N2OP.C61H46N2/c1-63(2)52-25-11-9-22-48(52)49-38-37-46(41-57(49)63)65(44-18-5-3-6-19-44)45-35-32-42(33-36-45)43-34-39-55-61(40-43)68(67,47-20-7-4-8-21-47)60-31-16-13-27-54(60)64(55)53-26-12-15-30-59(53)66-58-29-14-10-23-50(58)51-24-17-28-56(64)62(51)66;1-59(2)48-22-10-8-19-44(48)45-35-34-43(38-54(45)59)62(41-17-6-5-7-18-41)42-32-29-39(30-33-42)40-31-36-51-55(37-40)60(3,4)49-23-11-12-24-50(49)61(51)52-25-13-15-28-57(52)63-56-27-14-9-20-46(56)47-21-16-26-53(61)58(47)63/h3-41H,1-2H3;5-38H,1-4H3. The summed E-state index contributed by atoms with van der Waals surface area (Å²) in [4.78, 5) is 4.76. The highest BCUT2D eigenvalue weighted by Gasteiger charge is 2.56. The number of para-hydroxylation sites is 8. The fourth-order valence-corrected chi connectivity index (χ4v) is 27.8. The molecule has 0 amide bonds. The van der Waals surface area contributed by atoms with Crippen molar-refractivity contribution in [2.75, 3.05) is 9.80 Å². The highest BCUT2D eigenvalue weighted by molar-refractivity contribution is 7.85. The maximum atomic E-state index is 16.9. The average Bonchev–Trinajstić information content (AvgIpc) is 1.65. The maximum Gasteiger partial charge on any atom is 0.171 e. The summed E-state index contributed by atoms with van der Waals surface area (Å²) in [5.41, 5.74) is 40.3. The Bertz CT molecular complexity index is 8420. The van der Waals surface area contributed by atoms with Gasteiger partial charge in [-0.05, 0) is 232 Å². The summed E-state index contributed by atoms with van der Waals surface area (Å²) >= 11 is 0. The van der Waals surface area contributed by atoms with E-state index in [0.717, 1.165) is 78.0 Å². The molecular formula is C125H91N4OP. The summed E-state index contributed by atoms with van der Waals surface area (Å²) in [5.74, 6) is 0. The summed E-state index contributed by atoms with van der Waals surface area (Å²) in [7, 11) is -3.45. The summed E-state index contributed by atoms with van der Waals surface area (Å²) in [5, 5.41) is 7.65. The van der Waals surface area contributed by atoms with Crippen LogP contribution in [0, 0.1) is 0 Å². The summed E-state index contributed by atoms with van der Waals surface area (Å²) in [6.07, 6.45) is 0. The van der Waals surface area contributed by atoms with Crippen molar-refractivity contribution >= 4 is 101 Å². The van der Waals surface area contributed by atoms with Crippen molar-refractivity contribution in [3.05, 3.63) is 521 Å². The number of rotatable bonds is 9. The van der Waals surface area contributed by atoms with E-state index in [0.29, 0.717) is 0 Å². The third-order valence-electron chi connectivity index (χ3n) is 30.5. The van der Waals surface area contributed by atoms with Gasteiger partial charge in [0.1, 0.15) is 0 Å². The first-order valence-electron chi connectivity index (χ1n) is 46.0. The van der Waals surface area contributed by atoms with E-state index in [1.54, 1.807) is 0 Å². The highest BCUT2D eigenvalue weighted by atomic mass is 31.2. The van der Waals surface area contributed by atoms with Crippen LogP contribution in [-0.2, 0) is 31.6 Å². The Labute approximate surface area is 764 Å². The first-order valence-corrected chi connectivity index (χ1v) is 47.7. The molecule has 3 atom stereocenters. The first-order chi connectivity index (χ1) is 64.2. The zero-order chi connectivity index (χ0) is 87.6. The SMILES string of the molecule is CC1(C)c2ccccc2-c2ccc(N(c3ccccc3)c3ccc(-c4ccc5c(c4)C(C)(C)c4ccccc4C54c5ccccc5-n5c6ccccc6c6cccc4c65)cc3)cc21.CC1(C)c2ccccc2-c2ccc(N(c3ccccc3)c3ccc(-c4ccc5c(c4)P(=O)(c4ccccc4)c4ccccc4C54c5ccccc5-n5c6ccccc6c6cccc4c65)cc3)cc21. The zero-order valence-electron chi connectivity index (χ0n) is 73.8. The van der Waals surface area contributed by atoms with Crippen LogP contribution in [0.25, 0.3) is 99.5 Å². The lowest BCUT2D eigenvalue weighted by atomic mass is 9.53. The van der Waals surface area contributed by atoms with Gasteiger partial charge in [0.15, 0.2) is 7.14 Å². The van der Waals surface area contributed by atoms with Gasteiger partial charge in [-0.3, -0.25) is 0 Å². The quantitative estimate of drug-likeness (QED) is 0.135. The molecule has 6 aliphatic rings. The van der Waals surface area contributed by atoms with Crippen molar-refractivity contribution in [1.82, 2.24) is 9.13 Å². The fraction of sp³-hybridized carbons (Fsp3) is 0.0880. The zero-order valence-corrected chi connectivity index (χ0v) is 74.7. The molecule has 0 saturated heterocycles. The Morgan fingerprint density at radius 2 is 0.550 bits per heavy atom. The van der Waals surface area contributed by atoms with Crippen LogP contribution in [0.4, 0.5) is 34.1 Å². The summed E-state index contributed by atoms with van der Waals surface area (Å²) < 4.78 is 21.9. The van der Waals surface area contributed by atoms with Crippen LogP contribution >= 0.6 is 7.14 Å². The number of fused-ring (bicyclic) bond motifs is 28. The molecule has 622 valence electrons. The average molecular weight is 1700 g/mol.